The molecule has 5 rings (SSSR count). The molecule has 0 aliphatic carbocycles. The number of piperidine rings is 1. The van der Waals surface area contributed by atoms with Gasteiger partial charge in [0.15, 0.2) is 17.3 Å². The predicted molar refractivity (Wildman–Crippen MR) is 128 cm³/mol. The Hall–Kier alpha value is -3.94. The smallest absolute Gasteiger partial charge is 0.295 e. The highest BCUT2D eigenvalue weighted by atomic mass is 16.6. The highest BCUT2D eigenvalue weighted by Gasteiger charge is 2.33. The van der Waals surface area contributed by atoms with Crippen molar-refractivity contribution >= 4 is 17.5 Å². The number of Topliss-reactive ketones (excluding diaryl/α,β-unsaturated/α-hetero) is 2. The lowest BCUT2D eigenvalue weighted by molar-refractivity contribution is -0.127. The van der Waals surface area contributed by atoms with Crippen LogP contribution >= 0.6 is 0 Å². The number of nitrogens with zero attached hydrogens (tertiary/aromatic N) is 3. The Morgan fingerprint density at radius 1 is 0.914 bits per heavy atom. The van der Waals surface area contributed by atoms with Gasteiger partial charge in [-0.2, -0.15) is 5.10 Å². The number of likely N-dealkylation sites (tertiary alicyclic amines) is 1. The first kappa shape index (κ1) is 22.8. The number of hydrogen-bond acceptors (Lipinski definition) is 6. The number of ketones is 2. The fraction of sp³-hybridized carbons (Fsp3) is 0.333. The second kappa shape index (κ2) is 9.37. The maximum Gasteiger partial charge on any atom is 0.295 e. The van der Waals surface area contributed by atoms with E-state index in [1.165, 1.54) is 0 Å². The molecular weight excluding hydrogens is 446 g/mol. The van der Waals surface area contributed by atoms with Crippen molar-refractivity contribution in [3.8, 4) is 17.2 Å². The van der Waals surface area contributed by atoms with Gasteiger partial charge in [-0.05, 0) is 57.0 Å². The highest BCUT2D eigenvalue weighted by molar-refractivity contribution is 6.43. The van der Waals surface area contributed by atoms with Crippen molar-refractivity contribution in [2.45, 2.75) is 26.7 Å². The molecule has 8 heteroatoms. The number of carbonyl (C=O) groups excluding carboxylic acids is 3. The number of ether oxygens (including phenoxy) is 2. The molecule has 0 atom stereocenters. The molecule has 2 aliphatic heterocycles. The molecule has 8 nitrogen and oxygen atoms in total. The monoisotopic (exact) mass is 473 g/mol. The zero-order valence-electron chi connectivity index (χ0n) is 19.8. The maximum absolute atomic E-state index is 13.2. The van der Waals surface area contributed by atoms with Crippen LogP contribution in [0.15, 0.2) is 48.5 Å². The largest absolute Gasteiger partial charge is 0.486 e. The molecule has 0 spiro atoms. The van der Waals surface area contributed by atoms with Gasteiger partial charge in [0.25, 0.3) is 11.7 Å². The highest BCUT2D eigenvalue weighted by Crippen LogP contribution is 2.32. The van der Waals surface area contributed by atoms with Gasteiger partial charge in [-0.15, -0.1) is 0 Å². The Morgan fingerprint density at radius 2 is 1.60 bits per heavy atom. The minimum atomic E-state index is -0.557. The van der Waals surface area contributed by atoms with Crippen molar-refractivity contribution in [2.24, 2.45) is 5.92 Å². The first-order valence-electron chi connectivity index (χ1n) is 11.8. The van der Waals surface area contributed by atoms with E-state index in [0.29, 0.717) is 73.2 Å². The van der Waals surface area contributed by atoms with E-state index in [1.807, 2.05) is 30.3 Å². The van der Waals surface area contributed by atoms with Crippen molar-refractivity contribution in [2.75, 3.05) is 26.3 Å². The SMILES string of the molecule is Cc1nn(-c2ccccc2)c(C)c1C(=O)C(=O)N1CCC(C(=O)c2ccc3c(c2)OCCO3)CC1. The van der Waals surface area contributed by atoms with Crippen LogP contribution in [0, 0.1) is 19.8 Å². The average molecular weight is 474 g/mol. The summed E-state index contributed by atoms with van der Waals surface area (Å²) in [5, 5.41) is 4.49. The molecule has 1 saturated heterocycles. The minimum absolute atomic E-state index is 0.0243. The Labute approximate surface area is 203 Å². The minimum Gasteiger partial charge on any atom is -0.486 e. The van der Waals surface area contributed by atoms with Crippen molar-refractivity contribution in [1.29, 1.82) is 0 Å². The number of aromatic nitrogens is 2. The van der Waals surface area contributed by atoms with Gasteiger partial charge in [0.05, 0.1) is 22.6 Å². The Balaban J connectivity index is 1.25. The van der Waals surface area contributed by atoms with E-state index in [9.17, 15) is 14.4 Å². The van der Waals surface area contributed by atoms with Gasteiger partial charge >= 0.3 is 0 Å². The molecule has 2 aromatic carbocycles. The third kappa shape index (κ3) is 4.32. The first-order chi connectivity index (χ1) is 16.9. The quantitative estimate of drug-likeness (QED) is 0.416. The first-order valence-corrected chi connectivity index (χ1v) is 11.8. The number of amides is 1. The zero-order chi connectivity index (χ0) is 24.5. The predicted octanol–water partition coefficient (Wildman–Crippen LogP) is 3.56. The van der Waals surface area contributed by atoms with Gasteiger partial charge in [-0.25, -0.2) is 4.68 Å². The van der Waals surface area contributed by atoms with Crippen LogP contribution in [0.3, 0.4) is 0 Å². The number of para-hydroxylation sites is 1. The standard InChI is InChI=1S/C27H27N3O5/c1-17-24(18(2)30(28-17)21-6-4-3-5-7-21)26(32)27(33)29-12-10-19(11-13-29)25(31)20-8-9-22-23(16-20)35-15-14-34-22/h3-9,16,19H,10-15H2,1-2H3. The van der Waals surface area contributed by atoms with Gasteiger partial charge in [-0.1, -0.05) is 18.2 Å². The molecule has 0 N–H and O–H groups in total. The number of rotatable bonds is 5. The third-order valence-corrected chi connectivity index (χ3v) is 6.69. The van der Waals surface area contributed by atoms with Crippen molar-refractivity contribution < 1.29 is 23.9 Å². The van der Waals surface area contributed by atoms with E-state index in [-0.39, 0.29) is 11.7 Å². The summed E-state index contributed by atoms with van der Waals surface area (Å²) in [4.78, 5) is 40.9. The second-order valence-corrected chi connectivity index (χ2v) is 8.91. The van der Waals surface area contributed by atoms with Crippen LogP contribution in [0.1, 0.15) is 44.9 Å². The summed E-state index contributed by atoms with van der Waals surface area (Å²) in [6.07, 6.45) is 1.01. The molecule has 1 fully saturated rings. The molecule has 3 heterocycles. The van der Waals surface area contributed by atoms with E-state index in [4.69, 9.17) is 9.47 Å². The van der Waals surface area contributed by atoms with E-state index in [1.54, 1.807) is 41.6 Å². The van der Waals surface area contributed by atoms with Crippen molar-refractivity contribution in [3.63, 3.8) is 0 Å². The van der Waals surface area contributed by atoms with E-state index < -0.39 is 11.7 Å². The zero-order valence-corrected chi connectivity index (χ0v) is 19.8. The van der Waals surface area contributed by atoms with Crippen LogP contribution in [0.25, 0.3) is 5.69 Å². The van der Waals surface area contributed by atoms with Gasteiger partial charge in [0.2, 0.25) is 0 Å². The summed E-state index contributed by atoms with van der Waals surface area (Å²) in [6, 6.07) is 14.8. The molecule has 0 bridgehead atoms. The summed E-state index contributed by atoms with van der Waals surface area (Å²) >= 11 is 0. The van der Waals surface area contributed by atoms with Crippen LogP contribution in [0.2, 0.25) is 0 Å². The number of hydrogen-bond donors (Lipinski definition) is 0. The maximum atomic E-state index is 13.2. The van der Waals surface area contributed by atoms with Gasteiger partial charge in [-0.3, -0.25) is 14.4 Å². The fourth-order valence-corrected chi connectivity index (χ4v) is 4.82. The topological polar surface area (TPSA) is 90.7 Å². The molecule has 1 amide bonds. The lowest BCUT2D eigenvalue weighted by Gasteiger charge is -2.31. The summed E-state index contributed by atoms with van der Waals surface area (Å²) in [5.74, 6) is -0.0555. The molecule has 0 saturated carbocycles. The number of aryl methyl sites for hydroxylation is 1. The molecule has 0 unspecified atom stereocenters. The Kier molecular flexibility index (Phi) is 6.11. The van der Waals surface area contributed by atoms with Crippen LogP contribution in [0.4, 0.5) is 0 Å². The van der Waals surface area contributed by atoms with E-state index in [0.717, 1.165) is 5.69 Å². The molecule has 1 aromatic heterocycles. The lowest BCUT2D eigenvalue weighted by atomic mass is 9.88. The molecular formula is C27H27N3O5. The molecule has 180 valence electrons. The number of carbonyl (C=O) groups is 3. The van der Waals surface area contributed by atoms with Gasteiger partial charge in [0, 0.05) is 24.6 Å². The molecule has 35 heavy (non-hydrogen) atoms. The molecule has 2 aliphatic rings. The fourth-order valence-electron chi connectivity index (χ4n) is 4.82. The van der Waals surface area contributed by atoms with E-state index in [2.05, 4.69) is 5.10 Å². The summed E-state index contributed by atoms with van der Waals surface area (Å²) in [6.45, 7) is 5.21. The number of benzene rings is 2. The van der Waals surface area contributed by atoms with Crippen LogP contribution in [0.5, 0.6) is 11.5 Å². The summed E-state index contributed by atoms with van der Waals surface area (Å²) in [7, 11) is 0. The summed E-state index contributed by atoms with van der Waals surface area (Å²) in [5.41, 5.74) is 2.91. The summed E-state index contributed by atoms with van der Waals surface area (Å²) < 4.78 is 12.8. The van der Waals surface area contributed by atoms with Crippen molar-refractivity contribution in [3.05, 3.63) is 71.0 Å². The number of fused-ring (bicyclic) bond motifs is 1. The van der Waals surface area contributed by atoms with Gasteiger partial charge in [0.1, 0.15) is 13.2 Å². The Bertz CT molecular complexity index is 1290. The lowest BCUT2D eigenvalue weighted by Crippen LogP contribution is -2.43. The van der Waals surface area contributed by atoms with E-state index >= 15 is 0 Å². The van der Waals surface area contributed by atoms with Crippen molar-refractivity contribution in [1.82, 2.24) is 14.7 Å². The average Bonchev–Trinajstić information content (AvgIpc) is 3.21. The second-order valence-electron chi connectivity index (χ2n) is 8.91. The Morgan fingerprint density at radius 3 is 2.31 bits per heavy atom. The van der Waals surface area contributed by atoms with Crippen LogP contribution in [-0.2, 0) is 4.79 Å². The normalized spacial score (nSPS) is 15.7. The molecule has 3 aromatic rings. The van der Waals surface area contributed by atoms with Crippen LogP contribution in [-0.4, -0.2) is 58.5 Å². The van der Waals surface area contributed by atoms with Crippen LogP contribution < -0.4 is 9.47 Å². The third-order valence-electron chi connectivity index (χ3n) is 6.69. The van der Waals surface area contributed by atoms with Gasteiger partial charge < -0.3 is 14.4 Å². The molecule has 0 radical (unpaired) electrons.